The Morgan fingerprint density at radius 1 is 1.36 bits per heavy atom. The highest BCUT2D eigenvalue weighted by Crippen LogP contribution is 2.30. The number of aryl methyl sites for hydroxylation is 1. The smallest absolute Gasteiger partial charge is 0.274 e. The van der Waals surface area contributed by atoms with Crippen LogP contribution in [0.15, 0.2) is 29.2 Å². The number of allylic oxidation sites excluding steroid dienone is 2. The van der Waals surface area contributed by atoms with Gasteiger partial charge in [-0.2, -0.15) is 0 Å². The van der Waals surface area contributed by atoms with Gasteiger partial charge in [-0.3, -0.25) is 14.9 Å². The Labute approximate surface area is 132 Å². The molecule has 0 aromatic heterocycles. The fourth-order valence-corrected chi connectivity index (χ4v) is 3.77. The average Bonchev–Trinajstić information content (AvgIpc) is 2.94. The number of halogens is 1. The zero-order chi connectivity index (χ0) is 16.5. The Hall–Kier alpha value is -1.93. The predicted octanol–water partition coefficient (Wildman–Crippen LogP) is 2.33. The van der Waals surface area contributed by atoms with Crippen molar-refractivity contribution in [3.8, 4) is 0 Å². The molecule has 0 heterocycles. The van der Waals surface area contributed by atoms with E-state index in [1.807, 2.05) is 16.9 Å². The van der Waals surface area contributed by atoms with Gasteiger partial charge in [0.2, 0.25) is 5.91 Å². The van der Waals surface area contributed by atoms with Gasteiger partial charge in [-0.05, 0) is 31.4 Å². The van der Waals surface area contributed by atoms with Crippen molar-refractivity contribution >= 4 is 33.2 Å². The first-order valence-electron chi connectivity index (χ1n) is 6.38. The minimum Gasteiger partial charge on any atom is -0.274 e. The molecule has 9 heteroatoms. The van der Waals surface area contributed by atoms with Gasteiger partial charge in [-0.15, -0.1) is 0 Å². The standard InChI is InChI=1S/C13H13ClN2O5S/c1-8-6-11(16(18)19)10(14)7-12(8)22(20,21)15-13(17)9-4-2-3-5-9/h2-3,6-7,9H,4-5H2,1H3,(H,15,17). The summed E-state index contributed by atoms with van der Waals surface area (Å²) in [5.41, 5.74) is -0.245. The molecule has 2 rings (SSSR count). The third-order valence-electron chi connectivity index (χ3n) is 3.34. The summed E-state index contributed by atoms with van der Waals surface area (Å²) in [4.78, 5) is 21.8. The predicted molar refractivity (Wildman–Crippen MR) is 80.0 cm³/mol. The summed E-state index contributed by atoms with van der Waals surface area (Å²) in [5.74, 6) is -1.01. The Morgan fingerprint density at radius 3 is 2.50 bits per heavy atom. The van der Waals surface area contributed by atoms with Crippen LogP contribution in [0.2, 0.25) is 5.02 Å². The van der Waals surface area contributed by atoms with Crippen LogP contribution in [-0.2, 0) is 14.8 Å². The monoisotopic (exact) mass is 344 g/mol. The van der Waals surface area contributed by atoms with Gasteiger partial charge < -0.3 is 0 Å². The van der Waals surface area contributed by atoms with Gasteiger partial charge in [0.15, 0.2) is 0 Å². The zero-order valence-corrected chi connectivity index (χ0v) is 13.1. The maximum atomic E-state index is 12.3. The van der Waals surface area contributed by atoms with Crippen LogP contribution < -0.4 is 4.72 Å². The Bertz CT molecular complexity index is 765. The number of nitrogens with one attached hydrogen (secondary N) is 1. The van der Waals surface area contributed by atoms with Gasteiger partial charge in [-0.25, -0.2) is 13.1 Å². The molecule has 0 atom stereocenters. The number of sulfonamides is 1. The van der Waals surface area contributed by atoms with Crippen molar-refractivity contribution < 1.29 is 18.1 Å². The fraction of sp³-hybridized carbons (Fsp3) is 0.308. The molecule has 0 unspecified atom stereocenters. The first-order valence-corrected chi connectivity index (χ1v) is 8.24. The van der Waals surface area contributed by atoms with E-state index in [9.17, 15) is 23.3 Å². The summed E-state index contributed by atoms with van der Waals surface area (Å²) in [5, 5.41) is 10.5. The lowest BCUT2D eigenvalue weighted by molar-refractivity contribution is -0.384. The SMILES string of the molecule is Cc1cc([N+](=O)[O-])c(Cl)cc1S(=O)(=O)NC(=O)C1CC=CC1. The van der Waals surface area contributed by atoms with E-state index < -0.39 is 26.8 Å². The quantitative estimate of drug-likeness (QED) is 0.512. The summed E-state index contributed by atoms with van der Waals surface area (Å²) in [7, 11) is -4.13. The summed E-state index contributed by atoms with van der Waals surface area (Å²) >= 11 is 5.74. The molecule has 118 valence electrons. The number of nitrogens with zero attached hydrogens (tertiary/aromatic N) is 1. The van der Waals surface area contributed by atoms with Crippen molar-refractivity contribution in [2.75, 3.05) is 0 Å². The molecule has 7 nitrogen and oxygen atoms in total. The molecule has 1 N–H and O–H groups in total. The van der Waals surface area contributed by atoms with Crippen LogP contribution >= 0.6 is 11.6 Å². The molecular formula is C13H13ClN2O5S. The number of carbonyl (C=O) groups is 1. The zero-order valence-electron chi connectivity index (χ0n) is 11.6. The van der Waals surface area contributed by atoms with Crippen LogP contribution in [0.5, 0.6) is 0 Å². The second-order valence-corrected chi connectivity index (χ2v) is 6.99. The van der Waals surface area contributed by atoms with E-state index in [2.05, 4.69) is 0 Å². The van der Waals surface area contributed by atoms with E-state index >= 15 is 0 Å². The van der Waals surface area contributed by atoms with E-state index in [0.717, 1.165) is 12.1 Å². The minimum absolute atomic E-state index is 0.140. The number of hydrogen-bond donors (Lipinski definition) is 1. The molecule has 0 radical (unpaired) electrons. The molecular weight excluding hydrogens is 332 g/mol. The molecule has 1 aromatic rings. The third-order valence-corrected chi connectivity index (χ3v) is 5.14. The van der Waals surface area contributed by atoms with E-state index in [1.165, 1.54) is 6.92 Å². The van der Waals surface area contributed by atoms with E-state index in [4.69, 9.17) is 11.6 Å². The third kappa shape index (κ3) is 3.28. The van der Waals surface area contributed by atoms with Crippen LogP contribution in [0.1, 0.15) is 18.4 Å². The number of hydrogen-bond acceptors (Lipinski definition) is 5. The van der Waals surface area contributed by atoms with Gasteiger partial charge in [-0.1, -0.05) is 23.8 Å². The first kappa shape index (κ1) is 16.4. The number of rotatable bonds is 4. The van der Waals surface area contributed by atoms with Crippen molar-refractivity contribution in [2.24, 2.45) is 5.92 Å². The van der Waals surface area contributed by atoms with Crippen LogP contribution in [0, 0.1) is 23.0 Å². The van der Waals surface area contributed by atoms with Crippen molar-refractivity contribution in [1.29, 1.82) is 0 Å². The lowest BCUT2D eigenvalue weighted by Gasteiger charge is -2.13. The van der Waals surface area contributed by atoms with Crippen LogP contribution in [-0.4, -0.2) is 19.2 Å². The molecule has 0 spiro atoms. The molecule has 1 aromatic carbocycles. The Balaban J connectivity index is 2.31. The van der Waals surface area contributed by atoms with Crippen molar-refractivity contribution in [2.45, 2.75) is 24.7 Å². The average molecular weight is 345 g/mol. The van der Waals surface area contributed by atoms with Crippen LogP contribution in [0.4, 0.5) is 5.69 Å². The summed E-state index contributed by atoms with van der Waals surface area (Å²) in [6.07, 6.45) is 4.60. The second kappa shape index (κ2) is 6.05. The lowest BCUT2D eigenvalue weighted by atomic mass is 10.1. The van der Waals surface area contributed by atoms with E-state index in [-0.39, 0.29) is 21.2 Å². The number of carbonyl (C=O) groups excluding carboxylic acids is 1. The van der Waals surface area contributed by atoms with Crippen molar-refractivity contribution in [3.63, 3.8) is 0 Å². The number of nitro groups is 1. The summed E-state index contributed by atoms with van der Waals surface area (Å²) in [6, 6.07) is 2.05. The van der Waals surface area contributed by atoms with Gasteiger partial charge >= 0.3 is 0 Å². The first-order chi connectivity index (χ1) is 10.2. The highest BCUT2D eigenvalue weighted by atomic mass is 35.5. The molecule has 0 bridgehead atoms. The molecule has 1 amide bonds. The maximum absolute atomic E-state index is 12.3. The van der Waals surface area contributed by atoms with Gasteiger partial charge in [0.1, 0.15) is 5.02 Å². The largest absolute Gasteiger partial charge is 0.288 e. The second-order valence-electron chi connectivity index (χ2n) is 4.94. The molecule has 0 saturated heterocycles. The lowest BCUT2D eigenvalue weighted by Crippen LogP contribution is -2.35. The fourth-order valence-electron chi connectivity index (χ4n) is 2.18. The molecule has 22 heavy (non-hydrogen) atoms. The molecule has 0 fully saturated rings. The number of benzene rings is 1. The minimum atomic E-state index is -4.13. The Morgan fingerprint density at radius 2 is 1.95 bits per heavy atom. The van der Waals surface area contributed by atoms with Gasteiger partial charge in [0.05, 0.1) is 9.82 Å². The highest BCUT2D eigenvalue weighted by Gasteiger charge is 2.28. The topological polar surface area (TPSA) is 106 Å². The van der Waals surface area contributed by atoms with Crippen molar-refractivity contribution in [3.05, 3.63) is 45.0 Å². The molecule has 0 aliphatic heterocycles. The van der Waals surface area contributed by atoms with Gasteiger partial charge in [0, 0.05) is 12.0 Å². The normalized spacial score (nSPS) is 15.0. The maximum Gasteiger partial charge on any atom is 0.288 e. The van der Waals surface area contributed by atoms with Gasteiger partial charge in [0.25, 0.3) is 15.7 Å². The highest BCUT2D eigenvalue weighted by molar-refractivity contribution is 7.90. The number of nitro benzene ring substituents is 1. The summed E-state index contributed by atoms with van der Waals surface area (Å²) in [6.45, 7) is 1.40. The Kier molecular flexibility index (Phi) is 4.52. The van der Waals surface area contributed by atoms with Crippen molar-refractivity contribution in [1.82, 2.24) is 4.72 Å². The molecule has 1 aliphatic carbocycles. The number of amides is 1. The molecule has 0 saturated carbocycles. The molecule has 1 aliphatic rings. The van der Waals surface area contributed by atoms with Crippen LogP contribution in [0.3, 0.4) is 0 Å². The van der Waals surface area contributed by atoms with E-state index in [1.54, 1.807) is 0 Å². The van der Waals surface area contributed by atoms with E-state index in [0.29, 0.717) is 12.8 Å². The van der Waals surface area contributed by atoms with Crippen LogP contribution in [0.25, 0.3) is 0 Å². The summed E-state index contributed by atoms with van der Waals surface area (Å²) < 4.78 is 26.5.